The van der Waals surface area contributed by atoms with Gasteiger partial charge in [-0.1, -0.05) is 0 Å². The number of carboxylic acids is 1. The van der Waals surface area contributed by atoms with E-state index in [1.807, 2.05) is 0 Å². The van der Waals surface area contributed by atoms with Gasteiger partial charge >= 0.3 is 5.97 Å². The molecule has 0 saturated carbocycles. The van der Waals surface area contributed by atoms with Gasteiger partial charge in [-0.2, -0.15) is 5.10 Å². The molecule has 0 fully saturated rings. The number of aldehydes is 1. The highest BCUT2D eigenvalue weighted by molar-refractivity contribution is 5.85. The first-order valence-electron chi connectivity index (χ1n) is 3.80. The second-order valence-corrected chi connectivity index (χ2v) is 2.81. The molecule has 0 aliphatic rings. The van der Waals surface area contributed by atoms with Gasteiger partial charge in [0.1, 0.15) is 11.7 Å². The van der Waals surface area contributed by atoms with Crippen LogP contribution in [-0.4, -0.2) is 27.1 Å². The summed E-state index contributed by atoms with van der Waals surface area (Å²) in [5, 5.41) is 12.5. The van der Waals surface area contributed by atoms with Gasteiger partial charge in [0.25, 0.3) is 0 Å². The van der Waals surface area contributed by atoms with Crippen molar-refractivity contribution in [3.63, 3.8) is 0 Å². The molecule has 0 amide bonds. The lowest BCUT2D eigenvalue weighted by Gasteiger charge is -2.04. The SMILES string of the molecule is Cc1cn(C(C)C(=O)O)nc1C=O.Cl. The fraction of sp³-hybridized carbons (Fsp3) is 0.375. The first kappa shape index (κ1) is 12.6. The van der Waals surface area contributed by atoms with Gasteiger partial charge in [-0.3, -0.25) is 9.48 Å². The predicted octanol–water partition coefficient (Wildman–Crippen LogP) is 1.07. The molecule has 1 aromatic rings. The van der Waals surface area contributed by atoms with Crippen molar-refractivity contribution in [3.8, 4) is 0 Å². The van der Waals surface area contributed by atoms with Crippen molar-refractivity contribution in [1.29, 1.82) is 0 Å². The van der Waals surface area contributed by atoms with Crippen LogP contribution < -0.4 is 0 Å². The number of carbonyl (C=O) groups is 2. The minimum absolute atomic E-state index is 0. The Bertz CT molecular complexity index is 348. The highest BCUT2D eigenvalue weighted by Crippen LogP contribution is 2.09. The zero-order valence-electron chi connectivity index (χ0n) is 7.80. The van der Waals surface area contributed by atoms with E-state index in [1.54, 1.807) is 13.1 Å². The number of carboxylic acid groups (broad SMARTS) is 1. The number of halogens is 1. The molecule has 78 valence electrons. The third kappa shape index (κ3) is 2.32. The molecule has 0 aliphatic heterocycles. The minimum Gasteiger partial charge on any atom is -0.480 e. The summed E-state index contributed by atoms with van der Waals surface area (Å²) in [7, 11) is 0. The van der Waals surface area contributed by atoms with Crippen LogP contribution in [0.15, 0.2) is 6.20 Å². The normalized spacial score (nSPS) is 11.6. The zero-order chi connectivity index (χ0) is 10.0. The van der Waals surface area contributed by atoms with Crippen LogP contribution in [-0.2, 0) is 4.79 Å². The van der Waals surface area contributed by atoms with Gasteiger partial charge < -0.3 is 5.11 Å². The van der Waals surface area contributed by atoms with E-state index in [2.05, 4.69) is 5.10 Å². The summed E-state index contributed by atoms with van der Waals surface area (Å²) in [6, 6.07) is -0.743. The van der Waals surface area contributed by atoms with Gasteiger partial charge in [0.05, 0.1) is 0 Å². The van der Waals surface area contributed by atoms with E-state index in [9.17, 15) is 9.59 Å². The molecule has 5 nitrogen and oxygen atoms in total. The van der Waals surface area contributed by atoms with E-state index < -0.39 is 12.0 Å². The molecular formula is C8H11ClN2O3. The van der Waals surface area contributed by atoms with Gasteiger partial charge in [-0.25, -0.2) is 4.79 Å². The predicted molar refractivity (Wildman–Crippen MR) is 51.9 cm³/mol. The van der Waals surface area contributed by atoms with Gasteiger partial charge in [0.2, 0.25) is 0 Å². The molecule has 0 spiro atoms. The van der Waals surface area contributed by atoms with Gasteiger partial charge in [0, 0.05) is 6.20 Å². The number of rotatable bonds is 3. The number of hydrogen-bond donors (Lipinski definition) is 1. The summed E-state index contributed by atoms with van der Waals surface area (Å²) in [6.45, 7) is 3.21. The van der Waals surface area contributed by atoms with Crippen LogP contribution >= 0.6 is 12.4 Å². The fourth-order valence-electron chi connectivity index (χ4n) is 0.925. The first-order chi connectivity index (χ1) is 6.06. The quantitative estimate of drug-likeness (QED) is 0.771. The Balaban J connectivity index is 0.00000169. The van der Waals surface area contributed by atoms with E-state index in [1.165, 1.54) is 11.6 Å². The molecule has 0 aromatic carbocycles. The number of hydrogen-bond acceptors (Lipinski definition) is 3. The Morgan fingerprint density at radius 2 is 2.29 bits per heavy atom. The maximum absolute atomic E-state index is 10.6. The molecule has 1 aromatic heterocycles. The Morgan fingerprint density at radius 1 is 1.71 bits per heavy atom. The molecule has 0 saturated heterocycles. The van der Waals surface area contributed by atoms with E-state index in [0.29, 0.717) is 11.8 Å². The number of nitrogens with zero attached hydrogens (tertiary/aromatic N) is 2. The third-order valence-electron chi connectivity index (χ3n) is 1.82. The van der Waals surface area contributed by atoms with Gasteiger partial charge in [-0.05, 0) is 19.4 Å². The molecule has 0 bridgehead atoms. The Hall–Kier alpha value is -1.36. The second-order valence-electron chi connectivity index (χ2n) is 2.81. The lowest BCUT2D eigenvalue weighted by molar-refractivity contribution is -0.140. The van der Waals surface area contributed by atoms with Crippen LogP contribution in [0, 0.1) is 6.92 Å². The molecule has 0 radical (unpaired) electrons. The molecule has 1 unspecified atom stereocenters. The average molecular weight is 219 g/mol. The first-order valence-corrected chi connectivity index (χ1v) is 3.80. The summed E-state index contributed by atoms with van der Waals surface area (Å²) in [5.41, 5.74) is 0.969. The maximum Gasteiger partial charge on any atom is 0.328 e. The highest BCUT2D eigenvalue weighted by Gasteiger charge is 2.15. The topological polar surface area (TPSA) is 72.2 Å². The van der Waals surface area contributed by atoms with Crippen molar-refractivity contribution in [3.05, 3.63) is 17.5 Å². The number of aromatic nitrogens is 2. The Morgan fingerprint density at radius 3 is 2.64 bits per heavy atom. The summed E-state index contributed by atoms with van der Waals surface area (Å²) < 4.78 is 1.27. The van der Waals surface area contributed by atoms with E-state index in [0.717, 1.165) is 0 Å². The van der Waals surface area contributed by atoms with Crippen LogP contribution in [0.5, 0.6) is 0 Å². The molecule has 6 heteroatoms. The lowest BCUT2D eigenvalue weighted by atomic mass is 10.3. The molecule has 1 heterocycles. The zero-order valence-corrected chi connectivity index (χ0v) is 8.61. The van der Waals surface area contributed by atoms with E-state index in [-0.39, 0.29) is 18.1 Å². The average Bonchev–Trinajstić information content (AvgIpc) is 2.45. The van der Waals surface area contributed by atoms with Crippen LogP contribution in [0.1, 0.15) is 29.0 Å². The molecule has 1 atom stereocenters. The maximum atomic E-state index is 10.6. The van der Waals surface area contributed by atoms with Crippen molar-refractivity contribution < 1.29 is 14.7 Å². The smallest absolute Gasteiger partial charge is 0.328 e. The van der Waals surface area contributed by atoms with Crippen LogP contribution in [0.25, 0.3) is 0 Å². The van der Waals surface area contributed by atoms with Crippen molar-refractivity contribution in [2.24, 2.45) is 0 Å². The van der Waals surface area contributed by atoms with Crippen molar-refractivity contribution >= 4 is 24.7 Å². The molecule has 1 rings (SSSR count). The van der Waals surface area contributed by atoms with E-state index in [4.69, 9.17) is 5.11 Å². The summed E-state index contributed by atoms with van der Waals surface area (Å²) in [5.74, 6) is -0.972. The second kappa shape index (κ2) is 4.76. The van der Waals surface area contributed by atoms with Crippen LogP contribution in [0.3, 0.4) is 0 Å². The summed E-state index contributed by atoms with van der Waals surface area (Å²) >= 11 is 0. The largest absolute Gasteiger partial charge is 0.480 e. The molecule has 14 heavy (non-hydrogen) atoms. The lowest BCUT2D eigenvalue weighted by Crippen LogP contribution is -2.16. The third-order valence-corrected chi connectivity index (χ3v) is 1.82. The van der Waals surface area contributed by atoms with E-state index >= 15 is 0 Å². The van der Waals surface area contributed by atoms with Crippen molar-refractivity contribution in [1.82, 2.24) is 9.78 Å². The number of aliphatic carboxylic acids is 1. The molecule has 0 aliphatic carbocycles. The summed E-state index contributed by atoms with van der Waals surface area (Å²) in [4.78, 5) is 21.0. The van der Waals surface area contributed by atoms with Gasteiger partial charge in [-0.15, -0.1) is 12.4 Å². The fourth-order valence-corrected chi connectivity index (χ4v) is 0.925. The Labute approximate surface area is 87.1 Å². The van der Waals surface area contributed by atoms with Crippen LogP contribution in [0.2, 0.25) is 0 Å². The monoisotopic (exact) mass is 218 g/mol. The Kier molecular flexibility index (Phi) is 4.30. The summed E-state index contributed by atoms with van der Waals surface area (Å²) in [6.07, 6.45) is 2.16. The standard InChI is InChI=1S/C8H10N2O3.ClH/c1-5-3-10(6(2)8(12)13)9-7(5)4-11;/h3-4,6H,1-2H3,(H,12,13);1H. The van der Waals surface area contributed by atoms with Crippen molar-refractivity contribution in [2.45, 2.75) is 19.9 Å². The van der Waals surface area contributed by atoms with Crippen LogP contribution in [0.4, 0.5) is 0 Å². The number of carbonyl (C=O) groups excluding carboxylic acids is 1. The van der Waals surface area contributed by atoms with Crippen molar-refractivity contribution in [2.75, 3.05) is 0 Å². The van der Waals surface area contributed by atoms with Gasteiger partial charge in [0.15, 0.2) is 6.29 Å². The molecular weight excluding hydrogens is 208 g/mol. The highest BCUT2D eigenvalue weighted by atomic mass is 35.5. The molecule has 1 N–H and O–H groups in total. The minimum atomic E-state index is -0.972. The number of aryl methyl sites for hydroxylation is 1.